The van der Waals surface area contributed by atoms with Crippen molar-refractivity contribution in [2.24, 2.45) is 0 Å². The van der Waals surface area contributed by atoms with Crippen molar-refractivity contribution < 1.29 is 18.0 Å². The first-order valence-corrected chi connectivity index (χ1v) is 6.67. The van der Waals surface area contributed by atoms with Gasteiger partial charge in [0, 0.05) is 0 Å². The van der Waals surface area contributed by atoms with Gasteiger partial charge >= 0.3 is 0 Å². The van der Waals surface area contributed by atoms with Gasteiger partial charge < -0.3 is 9.26 Å². The molecule has 2 aromatic rings. The Morgan fingerprint density at radius 3 is 2.85 bits per heavy atom. The molecule has 20 heavy (non-hydrogen) atoms. The normalized spacial score (nSPS) is 11.2. The standard InChI is InChI=1S/C12H12BrF2N3O2/c1-7-4-8(16-9(13)5-7)12-17-11(20-18-12)2-3-19-6-10(14)15/h4-5,10H,2-3,6H2,1H3. The third-order valence-electron chi connectivity index (χ3n) is 2.34. The van der Waals surface area contributed by atoms with Crippen LogP contribution >= 0.6 is 15.9 Å². The summed E-state index contributed by atoms with van der Waals surface area (Å²) in [6.07, 6.45) is -2.19. The van der Waals surface area contributed by atoms with E-state index in [2.05, 4.69) is 31.1 Å². The molecule has 5 nitrogen and oxygen atoms in total. The van der Waals surface area contributed by atoms with E-state index in [0.717, 1.165) is 5.56 Å². The summed E-state index contributed by atoms with van der Waals surface area (Å²) in [5, 5.41) is 3.81. The Hall–Kier alpha value is -1.41. The van der Waals surface area contributed by atoms with Crippen molar-refractivity contribution in [3.63, 3.8) is 0 Å². The number of nitrogens with zero attached hydrogens (tertiary/aromatic N) is 3. The quantitative estimate of drug-likeness (QED) is 0.593. The van der Waals surface area contributed by atoms with Gasteiger partial charge in [0.25, 0.3) is 6.43 Å². The number of pyridine rings is 1. The average molecular weight is 348 g/mol. The zero-order valence-electron chi connectivity index (χ0n) is 10.6. The van der Waals surface area contributed by atoms with Crippen molar-refractivity contribution in [2.75, 3.05) is 13.2 Å². The molecule has 0 saturated carbocycles. The summed E-state index contributed by atoms with van der Waals surface area (Å²) in [5.41, 5.74) is 1.59. The Morgan fingerprint density at radius 2 is 2.15 bits per heavy atom. The highest BCUT2D eigenvalue weighted by molar-refractivity contribution is 9.10. The first-order chi connectivity index (χ1) is 9.54. The third kappa shape index (κ3) is 4.31. The van der Waals surface area contributed by atoms with Crippen LogP contribution in [0.4, 0.5) is 8.78 Å². The number of aromatic nitrogens is 3. The second-order valence-corrected chi connectivity index (χ2v) is 4.89. The molecule has 0 aliphatic heterocycles. The molecule has 0 unspecified atom stereocenters. The largest absolute Gasteiger partial charge is 0.375 e. The molecule has 0 fully saturated rings. The highest BCUT2D eigenvalue weighted by Crippen LogP contribution is 2.18. The molecule has 0 aromatic carbocycles. The van der Waals surface area contributed by atoms with E-state index < -0.39 is 13.0 Å². The van der Waals surface area contributed by atoms with E-state index in [4.69, 9.17) is 9.26 Å². The molecule has 2 aromatic heterocycles. The lowest BCUT2D eigenvalue weighted by molar-refractivity contribution is 0.0171. The lowest BCUT2D eigenvalue weighted by Gasteiger charge is -1.99. The average Bonchev–Trinajstić information content (AvgIpc) is 2.82. The van der Waals surface area contributed by atoms with Crippen LogP contribution < -0.4 is 0 Å². The van der Waals surface area contributed by atoms with E-state index in [1.165, 1.54) is 0 Å². The molecule has 0 N–H and O–H groups in total. The molecule has 2 heterocycles. The molecule has 8 heteroatoms. The van der Waals surface area contributed by atoms with Crippen LogP contribution in [0, 0.1) is 6.92 Å². The van der Waals surface area contributed by atoms with Gasteiger partial charge in [0.05, 0.1) is 13.0 Å². The van der Waals surface area contributed by atoms with Crippen LogP contribution in [0.5, 0.6) is 0 Å². The van der Waals surface area contributed by atoms with Crippen molar-refractivity contribution in [3.05, 3.63) is 28.2 Å². The molecule has 0 saturated heterocycles. The van der Waals surface area contributed by atoms with Crippen LogP contribution in [0.3, 0.4) is 0 Å². The lowest BCUT2D eigenvalue weighted by Crippen LogP contribution is -2.07. The minimum Gasteiger partial charge on any atom is -0.375 e. The zero-order chi connectivity index (χ0) is 14.5. The number of hydrogen-bond donors (Lipinski definition) is 0. The smallest absolute Gasteiger partial charge is 0.261 e. The molecule has 0 atom stereocenters. The molecular formula is C12H12BrF2N3O2. The summed E-state index contributed by atoms with van der Waals surface area (Å²) in [4.78, 5) is 8.39. The second-order valence-electron chi connectivity index (χ2n) is 4.08. The summed E-state index contributed by atoms with van der Waals surface area (Å²) in [6.45, 7) is 1.44. The van der Waals surface area contributed by atoms with Crippen molar-refractivity contribution in [1.82, 2.24) is 15.1 Å². The van der Waals surface area contributed by atoms with Crippen molar-refractivity contribution in [3.8, 4) is 11.5 Å². The predicted molar refractivity (Wildman–Crippen MR) is 70.5 cm³/mol. The first-order valence-electron chi connectivity index (χ1n) is 5.87. The molecule has 0 bridgehead atoms. The molecule has 0 spiro atoms. The molecule has 0 amide bonds. The third-order valence-corrected chi connectivity index (χ3v) is 2.75. The minimum absolute atomic E-state index is 0.108. The summed E-state index contributed by atoms with van der Waals surface area (Å²) in [7, 11) is 0. The maximum atomic E-state index is 11.9. The number of aryl methyl sites for hydroxylation is 1. The SMILES string of the molecule is Cc1cc(Br)nc(-c2noc(CCOCC(F)F)n2)c1. The Morgan fingerprint density at radius 1 is 1.35 bits per heavy atom. The van der Waals surface area contributed by atoms with Gasteiger partial charge in [0.15, 0.2) is 0 Å². The summed E-state index contributed by atoms with van der Waals surface area (Å²) in [6, 6.07) is 3.69. The van der Waals surface area contributed by atoms with Gasteiger partial charge in [-0.15, -0.1) is 0 Å². The Labute approximate surface area is 122 Å². The van der Waals surface area contributed by atoms with Crippen LogP contribution in [0.15, 0.2) is 21.3 Å². The van der Waals surface area contributed by atoms with Gasteiger partial charge in [-0.05, 0) is 40.5 Å². The fourth-order valence-electron chi connectivity index (χ4n) is 1.53. The zero-order valence-corrected chi connectivity index (χ0v) is 12.2. The monoisotopic (exact) mass is 347 g/mol. The van der Waals surface area contributed by atoms with E-state index in [9.17, 15) is 8.78 Å². The lowest BCUT2D eigenvalue weighted by atomic mass is 10.2. The first kappa shape index (κ1) is 15.0. The van der Waals surface area contributed by atoms with Crippen LogP contribution in [0.2, 0.25) is 0 Å². The van der Waals surface area contributed by atoms with Crippen molar-refractivity contribution in [1.29, 1.82) is 0 Å². The molecule has 0 aliphatic carbocycles. The summed E-state index contributed by atoms with van der Waals surface area (Å²) >= 11 is 3.29. The highest BCUT2D eigenvalue weighted by atomic mass is 79.9. The van der Waals surface area contributed by atoms with Gasteiger partial charge in [-0.25, -0.2) is 13.8 Å². The highest BCUT2D eigenvalue weighted by Gasteiger charge is 2.11. The topological polar surface area (TPSA) is 61.0 Å². The summed E-state index contributed by atoms with van der Waals surface area (Å²) < 4.78 is 34.2. The maximum Gasteiger partial charge on any atom is 0.261 e. The predicted octanol–water partition coefficient (Wildman–Crippen LogP) is 3.03. The molecule has 2 rings (SSSR count). The molecular weight excluding hydrogens is 336 g/mol. The number of halogens is 3. The number of ether oxygens (including phenoxy) is 1. The van der Waals surface area contributed by atoms with Gasteiger partial charge in [-0.3, -0.25) is 0 Å². The Bertz CT molecular complexity index is 557. The van der Waals surface area contributed by atoms with Crippen LogP contribution in [0.25, 0.3) is 11.5 Å². The van der Waals surface area contributed by atoms with Crippen LogP contribution in [0.1, 0.15) is 11.5 Å². The van der Waals surface area contributed by atoms with Gasteiger partial charge in [-0.2, -0.15) is 4.98 Å². The van der Waals surface area contributed by atoms with Crippen LogP contribution in [-0.4, -0.2) is 34.8 Å². The van der Waals surface area contributed by atoms with Gasteiger partial charge in [0.2, 0.25) is 11.7 Å². The van der Waals surface area contributed by atoms with Gasteiger partial charge in [-0.1, -0.05) is 5.16 Å². The van der Waals surface area contributed by atoms with Gasteiger partial charge in [0.1, 0.15) is 16.9 Å². The molecule has 108 valence electrons. The second kappa shape index (κ2) is 6.85. The van der Waals surface area contributed by atoms with Crippen molar-refractivity contribution in [2.45, 2.75) is 19.8 Å². The van der Waals surface area contributed by atoms with Crippen molar-refractivity contribution >= 4 is 15.9 Å². The fourth-order valence-corrected chi connectivity index (χ4v) is 2.08. The van der Waals surface area contributed by atoms with E-state index in [-0.39, 0.29) is 13.0 Å². The molecule has 0 radical (unpaired) electrons. The number of alkyl halides is 2. The minimum atomic E-state index is -2.47. The number of hydrogen-bond acceptors (Lipinski definition) is 5. The van der Waals surface area contributed by atoms with E-state index in [1.807, 2.05) is 19.1 Å². The van der Waals surface area contributed by atoms with E-state index in [0.29, 0.717) is 22.0 Å². The number of rotatable bonds is 6. The fraction of sp³-hybridized carbons (Fsp3) is 0.417. The van der Waals surface area contributed by atoms with E-state index in [1.54, 1.807) is 0 Å². The Kier molecular flexibility index (Phi) is 5.13. The van der Waals surface area contributed by atoms with Crippen LogP contribution in [-0.2, 0) is 11.2 Å². The summed E-state index contributed by atoms with van der Waals surface area (Å²) in [5.74, 6) is 0.687. The molecule has 0 aliphatic rings. The Balaban J connectivity index is 1.98. The van der Waals surface area contributed by atoms with E-state index >= 15 is 0 Å². The maximum absolute atomic E-state index is 11.9.